The van der Waals surface area contributed by atoms with E-state index < -0.39 is 0 Å². The van der Waals surface area contributed by atoms with E-state index in [4.69, 9.17) is 0 Å². The van der Waals surface area contributed by atoms with Crippen LogP contribution in [0.2, 0.25) is 0 Å². The van der Waals surface area contributed by atoms with Gasteiger partial charge in [-0.25, -0.2) is 4.57 Å². The predicted molar refractivity (Wildman–Crippen MR) is 101 cm³/mol. The fraction of sp³-hybridized carbons (Fsp3) is 0.261. The summed E-state index contributed by atoms with van der Waals surface area (Å²) in [6.07, 6.45) is 9.35. The third kappa shape index (κ3) is 4.79. The van der Waals surface area contributed by atoms with Crippen molar-refractivity contribution in [3.05, 3.63) is 90.3 Å². The van der Waals surface area contributed by atoms with Crippen LogP contribution in [0.15, 0.2) is 79.1 Å². The molecule has 0 radical (unpaired) electrons. The van der Waals surface area contributed by atoms with Gasteiger partial charge in [0.15, 0.2) is 12.4 Å². The number of benzene rings is 2. The van der Waals surface area contributed by atoms with Gasteiger partial charge in [-0.1, -0.05) is 54.6 Å². The summed E-state index contributed by atoms with van der Waals surface area (Å²) in [5.41, 5.74) is 5.36. The van der Waals surface area contributed by atoms with E-state index in [9.17, 15) is 0 Å². The summed E-state index contributed by atoms with van der Waals surface area (Å²) in [6, 6.07) is 23.9. The van der Waals surface area contributed by atoms with Gasteiger partial charge >= 0.3 is 0 Å². The molecular formula is C23H26N+. The topological polar surface area (TPSA) is 3.88 Å². The summed E-state index contributed by atoms with van der Waals surface area (Å²) in [6.45, 7) is 3.27. The van der Waals surface area contributed by atoms with Crippen molar-refractivity contribution in [2.75, 3.05) is 0 Å². The first-order valence-electron chi connectivity index (χ1n) is 8.91. The Morgan fingerprint density at radius 3 is 2.21 bits per heavy atom. The molecule has 1 heterocycles. The van der Waals surface area contributed by atoms with Crippen LogP contribution in [0.3, 0.4) is 0 Å². The molecule has 1 nitrogen and oxygen atoms in total. The molecule has 0 unspecified atom stereocenters. The van der Waals surface area contributed by atoms with Gasteiger partial charge in [0, 0.05) is 18.1 Å². The molecule has 0 spiro atoms. The number of pyridine rings is 1. The van der Waals surface area contributed by atoms with Gasteiger partial charge in [-0.05, 0) is 48.9 Å². The maximum atomic E-state index is 2.30. The number of hydrogen-bond acceptors (Lipinski definition) is 0. The SMILES string of the molecule is Cc1ccc[n+](CCCCCc2ccc(-c3ccccc3)cc2)c1. The number of rotatable bonds is 7. The zero-order valence-electron chi connectivity index (χ0n) is 14.5. The summed E-state index contributed by atoms with van der Waals surface area (Å²) in [5, 5.41) is 0. The summed E-state index contributed by atoms with van der Waals surface area (Å²) in [5.74, 6) is 0. The molecule has 122 valence electrons. The Labute approximate surface area is 145 Å². The molecule has 0 N–H and O–H groups in total. The summed E-state index contributed by atoms with van der Waals surface area (Å²) < 4.78 is 2.30. The minimum Gasteiger partial charge on any atom is -0.205 e. The molecule has 0 aliphatic carbocycles. The van der Waals surface area contributed by atoms with Crippen molar-refractivity contribution < 1.29 is 4.57 Å². The standard InChI is InChI=1S/C23H26N/c1-20-9-8-18-24(19-20)17-7-3-4-10-21-13-15-23(16-14-21)22-11-5-2-6-12-22/h2,5-6,8-9,11-16,18-19H,3-4,7,10,17H2,1H3/q+1. The van der Waals surface area contributed by atoms with E-state index in [1.165, 1.54) is 47.9 Å². The normalized spacial score (nSPS) is 10.7. The van der Waals surface area contributed by atoms with Crippen LogP contribution in [0, 0.1) is 6.92 Å². The molecular weight excluding hydrogens is 290 g/mol. The molecule has 0 saturated carbocycles. The van der Waals surface area contributed by atoms with Crippen LogP contribution in [0.4, 0.5) is 0 Å². The molecule has 0 saturated heterocycles. The molecule has 0 atom stereocenters. The number of hydrogen-bond donors (Lipinski definition) is 0. The van der Waals surface area contributed by atoms with Crippen LogP contribution in [-0.4, -0.2) is 0 Å². The Hall–Kier alpha value is -2.41. The zero-order valence-corrected chi connectivity index (χ0v) is 14.5. The molecule has 0 aliphatic heterocycles. The number of nitrogens with zero attached hydrogens (tertiary/aromatic N) is 1. The first-order chi connectivity index (χ1) is 11.8. The van der Waals surface area contributed by atoms with Gasteiger partial charge in [0.2, 0.25) is 0 Å². The maximum absolute atomic E-state index is 2.30. The highest BCUT2D eigenvalue weighted by atomic mass is 14.9. The van der Waals surface area contributed by atoms with E-state index in [1.54, 1.807) is 0 Å². The lowest BCUT2D eigenvalue weighted by atomic mass is 10.0. The number of aryl methyl sites for hydroxylation is 3. The van der Waals surface area contributed by atoms with E-state index in [2.05, 4.69) is 90.6 Å². The molecule has 0 fully saturated rings. The second-order valence-corrected chi connectivity index (χ2v) is 6.49. The lowest BCUT2D eigenvalue weighted by Gasteiger charge is -2.05. The van der Waals surface area contributed by atoms with E-state index in [0.717, 1.165) is 6.54 Å². The van der Waals surface area contributed by atoms with E-state index in [-0.39, 0.29) is 0 Å². The van der Waals surface area contributed by atoms with Gasteiger partial charge in [0.05, 0.1) is 0 Å². The van der Waals surface area contributed by atoms with Gasteiger partial charge in [0.25, 0.3) is 0 Å². The monoisotopic (exact) mass is 316 g/mol. The average molecular weight is 316 g/mol. The molecule has 3 aromatic rings. The van der Waals surface area contributed by atoms with Gasteiger partial charge in [-0.2, -0.15) is 0 Å². The highest BCUT2D eigenvalue weighted by molar-refractivity contribution is 5.63. The molecule has 3 rings (SSSR count). The Bertz CT molecular complexity index is 745. The molecule has 2 aromatic carbocycles. The summed E-state index contributed by atoms with van der Waals surface area (Å²) in [4.78, 5) is 0. The van der Waals surface area contributed by atoms with Gasteiger partial charge < -0.3 is 0 Å². The quantitative estimate of drug-likeness (QED) is 0.408. The van der Waals surface area contributed by atoms with Gasteiger partial charge in [-0.3, -0.25) is 0 Å². The van der Waals surface area contributed by atoms with Crippen molar-refractivity contribution in [1.82, 2.24) is 0 Å². The summed E-state index contributed by atoms with van der Waals surface area (Å²) >= 11 is 0. The molecule has 0 bridgehead atoms. The van der Waals surface area contributed by atoms with E-state index in [0.29, 0.717) is 0 Å². The van der Waals surface area contributed by atoms with Crippen LogP contribution >= 0.6 is 0 Å². The lowest BCUT2D eigenvalue weighted by molar-refractivity contribution is -0.697. The van der Waals surface area contributed by atoms with Crippen molar-refractivity contribution in [2.45, 2.75) is 39.2 Å². The largest absolute Gasteiger partial charge is 0.205 e. The minimum absolute atomic E-state index is 1.12. The fourth-order valence-electron chi connectivity index (χ4n) is 3.09. The van der Waals surface area contributed by atoms with Crippen LogP contribution in [0.1, 0.15) is 30.4 Å². The smallest absolute Gasteiger partial charge is 0.171 e. The second kappa shape index (κ2) is 8.44. The maximum Gasteiger partial charge on any atom is 0.171 e. The van der Waals surface area contributed by atoms with Gasteiger partial charge in [-0.15, -0.1) is 0 Å². The zero-order chi connectivity index (χ0) is 16.6. The third-order valence-corrected chi connectivity index (χ3v) is 4.45. The summed E-state index contributed by atoms with van der Waals surface area (Å²) in [7, 11) is 0. The highest BCUT2D eigenvalue weighted by Gasteiger charge is 2.01. The molecule has 1 heteroatoms. The van der Waals surface area contributed by atoms with E-state index in [1.807, 2.05) is 0 Å². The molecule has 0 amide bonds. The van der Waals surface area contributed by atoms with Crippen molar-refractivity contribution >= 4 is 0 Å². The average Bonchev–Trinajstić information content (AvgIpc) is 2.63. The first kappa shape index (κ1) is 16.4. The fourth-order valence-corrected chi connectivity index (χ4v) is 3.09. The number of unbranched alkanes of at least 4 members (excludes halogenated alkanes) is 2. The molecule has 1 aromatic heterocycles. The minimum atomic E-state index is 1.12. The number of aromatic nitrogens is 1. The van der Waals surface area contributed by atoms with Crippen molar-refractivity contribution in [2.24, 2.45) is 0 Å². The van der Waals surface area contributed by atoms with Crippen LogP contribution in [0.25, 0.3) is 11.1 Å². The Balaban J connectivity index is 1.42. The third-order valence-electron chi connectivity index (χ3n) is 4.45. The molecule has 24 heavy (non-hydrogen) atoms. The van der Waals surface area contributed by atoms with Crippen LogP contribution < -0.4 is 4.57 Å². The lowest BCUT2D eigenvalue weighted by Crippen LogP contribution is -2.32. The van der Waals surface area contributed by atoms with Crippen molar-refractivity contribution in [3.8, 4) is 11.1 Å². The Morgan fingerprint density at radius 1 is 0.708 bits per heavy atom. The first-order valence-corrected chi connectivity index (χ1v) is 8.91. The molecule has 0 aliphatic rings. The van der Waals surface area contributed by atoms with Crippen LogP contribution in [-0.2, 0) is 13.0 Å². The van der Waals surface area contributed by atoms with Crippen molar-refractivity contribution in [3.63, 3.8) is 0 Å². The van der Waals surface area contributed by atoms with Crippen molar-refractivity contribution in [1.29, 1.82) is 0 Å². The second-order valence-electron chi connectivity index (χ2n) is 6.49. The van der Waals surface area contributed by atoms with Gasteiger partial charge in [0.1, 0.15) is 6.54 Å². The van der Waals surface area contributed by atoms with E-state index >= 15 is 0 Å². The predicted octanol–water partition coefficient (Wildman–Crippen LogP) is 5.36. The highest BCUT2D eigenvalue weighted by Crippen LogP contribution is 2.19. The Morgan fingerprint density at radius 2 is 1.46 bits per heavy atom. The van der Waals surface area contributed by atoms with Crippen LogP contribution in [0.5, 0.6) is 0 Å². The Kier molecular flexibility index (Phi) is 5.79.